The van der Waals surface area contributed by atoms with E-state index in [2.05, 4.69) is 18.8 Å². The van der Waals surface area contributed by atoms with E-state index in [1.54, 1.807) is 11.8 Å². The summed E-state index contributed by atoms with van der Waals surface area (Å²) in [7, 11) is 0. The maximum atomic E-state index is 4.18. The number of rotatable bonds is 2. The predicted molar refractivity (Wildman–Crippen MR) is 45.2 cm³/mol. The fourth-order valence-corrected chi connectivity index (χ4v) is 1.42. The first-order valence-corrected chi connectivity index (χ1v) is 4.24. The molecule has 0 atom stereocenters. The first-order valence-electron chi connectivity index (χ1n) is 3.37. The summed E-state index contributed by atoms with van der Waals surface area (Å²) in [5.74, 6) is 0. The number of hydrogen-bond acceptors (Lipinski definition) is 2. The molecule has 0 aliphatic rings. The summed E-state index contributed by atoms with van der Waals surface area (Å²) in [6, 6.07) is 5.98. The molecule has 1 rings (SSSR count). The number of pyridine rings is 1. The molecule has 0 radical (unpaired) electrons. The molecule has 0 aromatic carbocycles. The molecule has 2 heteroatoms. The number of nitrogens with zero attached hydrogens (tertiary/aromatic N) is 1. The highest BCUT2D eigenvalue weighted by atomic mass is 32.2. The molecular formula is C8H11NS. The fourth-order valence-electron chi connectivity index (χ4n) is 0.658. The number of aromatic nitrogens is 1. The van der Waals surface area contributed by atoms with E-state index >= 15 is 0 Å². The van der Waals surface area contributed by atoms with Gasteiger partial charge in [0, 0.05) is 11.4 Å². The van der Waals surface area contributed by atoms with Gasteiger partial charge in [-0.3, -0.25) is 0 Å². The maximum Gasteiger partial charge on any atom is 0.0962 e. The SMILES string of the molecule is CC(C)Sc1ccccn1. The normalized spacial score (nSPS) is 10.3. The molecular weight excluding hydrogens is 142 g/mol. The Morgan fingerprint density at radius 3 is 2.70 bits per heavy atom. The van der Waals surface area contributed by atoms with Crippen LogP contribution in [0.4, 0.5) is 0 Å². The van der Waals surface area contributed by atoms with Crippen molar-refractivity contribution in [2.75, 3.05) is 0 Å². The molecule has 0 saturated carbocycles. The van der Waals surface area contributed by atoms with Gasteiger partial charge in [-0.2, -0.15) is 0 Å². The van der Waals surface area contributed by atoms with Crippen molar-refractivity contribution in [2.24, 2.45) is 0 Å². The van der Waals surface area contributed by atoms with E-state index in [4.69, 9.17) is 0 Å². The molecule has 0 bridgehead atoms. The number of hydrogen-bond donors (Lipinski definition) is 0. The lowest BCUT2D eigenvalue weighted by molar-refractivity contribution is 1.07. The van der Waals surface area contributed by atoms with E-state index in [1.807, 2.05) is 24.4 Å². The van der Waals surface area contributed by atoms with Crippen LogP contribution in [0.15, 0.2) is 29.4 Å². The third-order valence-corrected chi connectivity index (χ3v) is 1.95. The highest BCUT2D eigenvalue weighted by Crippen LogP contribution is 2.18. The summed E-state index contributed by atoms with van der Waals surface area (Å²) < 4.78 is 0. The summed E-state index contributed by atoms with van der Waals surface area (Å²) in [5, 5.41) is 1.73. The van der Waals surface area contributed by atoms with Crippen LogP contribution in [-0.2, 0) is 0 Å². The fraction of sp³-hybridized carbons (Fsp3) is 0.375. The van der Waals surface area contributed by atoms with E-state index in [9.17, 15) is 0 Å². The van der Waals surface area contributed by atoms with Gasteiger partial charge in [0.15, 0.2) is 0 Å². The molecule has 0 aliphatic heterocycles. The van der Waals surface area contributed by atoms with Crippen molar-refractivity contribution in [1.82, 2.24) is 4.98 Å². The first-order chi connectivity index (χ1) is 4.79. The molecule has 0 saturated heterocycles. The molecule has 54 valence electrons. The van der Waals surface area contributed by atoms with Crippen LogP contribution < -0.4 is 0 Å². The molecule has 0 N–H and O–H groups in total. The van der Waals surface area contributed by atoms with Gasteiger partial charge in [0.05, 0.1) is 5.03 Å². The Kier molecular flexibility index (Phi) is 2.75. The van der Waals surface area contributed by atoms with E-state index in [-0.39, 0.29) is 0 Å². The summed E-state index contributed by atoms with van der Waals surface area (Å²) in [6.07, 6.45) is 1.82. The quantitative estimate of drug-likeness (QED) is 0.606. The van der Waals surface area contributed by atoms with Gasteiger partial charge in [0.2, 0.25) is 0 Å². The molecule has 1 aromatic heterocycles. The van der Waals surface area contributed by atoms with Crippen LogP contribution in [0.2, 0.25) is 0 Å². The van der Waals surface area contributed by atoms with Crippen LogP contribution in [-0.4, -0.2) is 10.2 Å². The van der Waals surface area contributed by atoms with Gasteiger partial charge >= 0.3 is 0 Å². The molecule has 0 aliphatic carbocycles. The maximum absolute atomic E-state index is 4.18. The van der Waals surface area contributed by atoms with Crippen molar-refractivity contribution in [3.05, 3.63) is 24.4 Å². The molecule has 0 unspecified atom stereocenters. The Labute approximate surface area is 65.9 Å². The predicted octanol–water partition coefficient (Wildman–Crippen LogP) is 2.58. The minimum Gasteiger partial charge on any atom is -0.250 e. The molecule has 1 heterocycles. The van der Waals surface area contributed by atoms with Gasteiger partial charge in [-0.25, -0.2) is 4.98 Å². The van der Waals surface area contributed by atoms with E-state index in [0.717, 1.165) is 5.03 Å². The molecule has 0 amide bonds. The highest BCUT2D eigenvalue weighted by molar-refractivity contribution is 7.99. The Bertz CT molecular complexity index is 184. The van der Waals surface area contributed by atoms with Gasteiger partial charge in [0.1, 0.15) is 0 Å². The van der Waals surface area contributed by atoms with Crippen molar-refractivity contribution in [3.8, 4) is 0 Å². The summed E-state index contributed by atoms with van der Waals surface area (Å²) in [4.78, 5) is 4.18. The second-order valence-electron chi connectivity index (χ2n) is 2.33. The van der Waals surface area contributed by atoms with Gasteiger partial charge < -0.3 is 0 Å². The third-order valence-electron chi connectivity index (χ3n) is 0.994. The van der Waals surface area contributed by atoms with Crippen LogP contribution >= 0.6 is 11.8 Å². The van der Waals surface area contributed by atoms with Crippen molar-refractivity contribution in [1.29, 1.82) is 0 Å². The Morgan fingerprint density at radius 2 is 2.20 bits per heavy atom. The molecule has 0 fully saturated rings. The van der Waals surface area contributed by atoms with E-state index in [1.165, 1.54) is 0 Å². The van der Waals surface area contributed by atoms with Crippen LogP contribution in [0.3, 0.4) is 0 Å². The standard InChI is InChI=1S/C8H11NS/c1-7(2)10-8-5-3-4-6-9-8/h3-7H,1-2H3. The lowest BCUT2D eigenvalue weighted by Gasteiger charge is -2.01. The van der Waals surface area contributed by atoms with E-state index in [0.29, 0.717) is 5.25 Å². The zero-order valence-electron chi connectivity index (χ0n) is 6.24. The minimum absolute atomic E-state index is 0.620. The molecule has 10 heavy (non-hydrogen) atoms. The van der Waals surface area contributed by atoms with Crippen LogP contribution in [0, 0.1) is 0 Å². The lowest BCUT2D eigenvalue weighted by Crippen LogP contribution is -1.86. The van der Waals surface area contributed by atoms with Crippen molar-refractivity contribution in [2.45, 2.75) is 24.1 Å². The topological polar surface area (TPSA) is 12.9 Å². The smallest absolute Gasteiger partial charge is 0.0962 e. The Morgan fingerprint density at radius 1 is 1.40 bits per heavy atom. The van der Waals surface area contributed by atoms with E-state index < -0.39 is 0 Å². The Hall–Kier alpha value is -0.500. The van der Waals surface area contributed by atoms with Gasteiger partial charge in [-0.15, -0.1) is 11.8 Å². The van der Waals surface area contributed by atoms with Gasteiger partial charge in [-0.05, 0) is 12.1 Å². The monoisotopic (exact) mass is 153 g/mol. The second-order valence-corrected chi connectivity index (χ2v) is 3.93. The van der Waals surface area contributed by atoms with Crippen molar-refractivity contribution < 1.29 is 0 Å². The Balaban J connectivity index is 2.59. The second kappa shape index (κ2) is 3.62. The lowest BCUT2D eigenvalue weighted by atomic mass is 10.5. The molecule has 1 nitrogen and oxygen atoms in total. The minimum atomic E-state index is 0.620. The average molecular weight is 153 g/mol. The zero-order valence-corrected chi connectivity index (χ0v) is 7.06. The highest BCUT2D eigenvalue weighted by Gasteiger charge is 1.95. The largest absolute Gasteiger partial charge is 0.250 e. The zero-order chi connectivity index (χ0) is 7.40. The van der Waals surface area contributed by atoms with Crippen LogP contribution in [0.25, 0.3) is 0 Å². The summed E-state index contributed by atoms with van der Waals surface area (Å²) >= 11 is 1.79. The van der Waals surface area contributed by atoms with Gasteiger partial charge in [-0.1, -0.05) is 19.9 Å². The molecule has 0 spiro atoms. The molecule has 1 aromatic rings. The van der Waals surface area contributed by atoms with Crippen molar-refractivity contribution >= 4 is 11.8 Å². The average Bonchev–Trinajstić information content (AvgIpc) is 1.88. The first kappa shape index (κ1) is 7.61. The summed E-state index contributed by atoms with van der Waals surface area (Å²) in [6.45, 7) is 4.33. The van der Waals surface area contributed by atoms with Crippen LogP contribution in [0.5, 0.6) is 0 Å². The van der Waals surface area contributed by atoms with Crippen molar-refractivity contribution in [3.63, 3.8) is 0 Å². The van der Waals surface area contributed by atoms with Gasteiger partial charge in [0.25, 0.3) is 0 Å². The number of thioether (sulfide) groups is 1. The van der Waals surface area contributed by atoms with Crippen LogP contribution in [0.1, 0.15) is 13.8 Å². The third kappa shape index (κ3) is 2.40. The summed E-state index contributed by atoms with van der Waals surface area (Å²) in [5.41, 5.74) is 0.